The summed E-state index contributed by atoms with van der Waals surface area (Å²) in [7, 11) is 0. The average molecular weight is 342 g/mol. The molecule has 1 aromatic carbocycles. The van der Waals surface area contributed by atoms with Gasteiger partial charge in [-0.15, -0.1) is 0 Å². The Morgan fingerprint density at radius 1 is 1.04 bits per heavy atom. The summed E-state index contributed by atoms with van der Waals surface area (Å²) in [5.74, 6) is 0.786. The van der Waals surface area contributed by atoms with Crippen LogP contribution in [0.1, 0.15) is 28.8 Å². The zero-order valence-corrected chi connectivity index (χ0v) is 15.1. The molecule has 1 aliphatic rings. The molecule has 2 heterocycles. The van der Waals surface area contributed by atoms with Crippen LogP contribution in [0.25, 0.3) is 11.4 Å². The number of hydrogen-bond acceptors (Lipinski definition) is 2. The van der Waals surface area contributed by atoms with Crippen molar-refractivity contribution in [3.05, 3.63) is 94.9 Å². The maximum Gasteiger partial charge on any atom is 0.216 e. The fourth-order valence-electron chi connectivity index (χ4n) is 3.52. The molecule has 1 aliphatic carbocycles. The molecule has 0 aliphatic heterocycles. The molecule has 26 heavy (non-hydrogen) atoms. The highest BCUT2D eigenvalue weighted by molar-refractivity contribution is 5.74. The van der Waals surface area contributed by atoms with Gasteiger partial charge in [0.1, 0.15) is 0 Å². The Hall–Kier alpha value is -3.14. The standard InChI is InChI=1S/C22H22N4/c1-16-11-17(2)13-18(12-16)15-25-9-10-26-20(14-21(23)24-22(25)26)19-7-5-3-4-6-8-19/h3,5-14,23H,4,15H2,1-2H3. The van der Waals surface area contributed by atoms with Gasteiger partial charge in [0.25, 0.3) is 0 Å². The van der Waals surface area contributed by atoms with E-state index in [0.717, 1.165) is 30.0 Å². The number of allylic oxidation sites excluding steroid dienone is 6. The van der Waals surface area contributed by atoms with Gasteiger partial charge in [0.15, 0.2) is 5.49 Å². The predicted octanol–water partition coefficient (Wildman–Crippen LogP) is 4.18. The Labute approximate surface area is 153 Å². The van der Waals surface area contributed by atoms with Crippen molar-refractivity contribution in [2.45, 2.75) is 26.8 Å². The first kappa shape index (κ1) is 16.3. The molecule has 0 bridgehead atoms. The molecule has 0 spiro atoms. The van der Waals surface area contributed by atoms with E-state index in [1.165, 1.54) is 16.7 Å². The summed E-state index contributed by atoms with van der Waals surface area (Å²) in [5.41, 5.74) is 6.13. The molecule has 4 rings (SSSR count). The van der Waals surface area contributed by atoms with Crippen LogP contribution >= 0.6 is 0 Å². The summed E-state index contributed by atoms with van der Waals surface area (Å²) in [6.45, 7) is 4.98. The summed E-state index contributed by atoms with van der Waals surface area (Å²) in [5, 5.41) is 8.17. The molecular formula is C22H22N4. The van der Waals surface area contributed by atoms with Gasteiger partial charge < -0.3 is 4.57 Å². The van der Waals surface area contributed by atoms with E-state index in [9.17, 15) is 0 Å². The van der Waals surface area contributed by atoms with Gasteiger partial charge in [-0.1, -0.05) is 59.7 Å². The largest absolute Gasteiger partial charge is 0.312 e. The van der Waals surface area contributed by atoms with E-state index in [0.29, 0.717) is 0 Å². The van der Waals surface area contributed by atoms with Crippen LogP contribution in [-0.2, 0) is 6.54 Å². The highest BCUT2D eigenvalue weighted by Crippen LogP contribution is 2.19. The van der Waals surface area contributed by atoms with Crippen LogP contribution < -0.4 is 5.49 Å². The first-order chi connectivity index (χ1) is 12.6. The first-order valence-corrected chi connectivity index (χ1v) is 8.84. The van der Waals surface area contributed by atoms with E-state index in [4.69, 9.17) is 5.41 Å². The third-order valence-electron chi connectivity index (χ3n) is 4.53. The van der Waals surface area contributed by atoms with Crippen LogP contribution in [0.2, 0.25) is 0 Å². The van der Waals surface area contributed by atoms with Gasteiger partial charge in [-0.05, 0) is 31.4 Å². The second kappa shape index (κ2) is 6.64. The second-order valence-electron chi connectivity index (χ2n) is 6.81. The SMILES string of the molecule is Cc1cc(C)cc(Cn2ccn3c(C4=CC=CCC=C4)cc(=N)nc23)c1. The Morgan fingerprint density at radius 3 is 2.65 bits per heavy atom. The van der Waals surface area contributed by atoms with Gasteiger partial charge in [-0.3, -0.25) is 9.81 Å². The minimum absolute atomic E-state index is 0.280. The summed E-state index contributed by atoms with van der Waals surface area (Å²) in [6, 6.07) is 8.42. The molecule has 3 aromatic rings. The Bertz CT molecular complexity index is 1100. The Kier molecular flexibility index (Phi) is 4.17. The Balaban J connectivity index is 1.82. The average Bonchev–Trinajstić information content (AvgIpc) is 2.81. The van der Waals surface area contributed by atoms with Gasteiger partial charge in [-0.2, -0.15) is 4.98 Å². The lowest BCUT2D eigenvalue weighted by atomic mass is 10.1. The van der Waals surface area contributed by atoms with Crippen LogP contribution in [0.5, 0.6) is 0 Å². The van der Waals surface area contributed by atoms with Gasteiger partial charge in [0.05, 0.1) is 12.2 Å². The topological polar surface area (TPSA) is 46.1 Å². The third kappa shape index (κ3) is 3.18. The van der Waals surface area contributed by atoms with E-state index in [1.807, 2.05) is 18.5 Å². The normalized spacial score (nSPS) is 13.8. The lowest BCUT2D eigenvalue weighted by Gasteiger charge is -2.09. The molecule has 2 aromatic heterocycles. The molecule has 0 unspecified atom stereocenters. The van der Waals surface area contributed by atoms with Gasteiger partial charge in [0.2, 0.25) is 5.78 Å². The fourth-order valence-corrected chi connectivity index (χ4v) is 3.52. The van der Waals surface area contributed by atoms with Crippen LogP contribution in [-0.4, -0.2) is 14.0 Å². The molecule has 4 heteroatoms. The summed E-state index contributed by atoms with van der Waals surface area (Å²) in [4.78, 5) is 4.48. The highest BCUT2D eigenvalue weighted by Gasteiger charge is 2.10. The molecule has 0 saturated heterocycles. The van der Waals surface area contributed by atoms with Crippen molar-refractivity contribution in [3.63, 3.8) is 0 Å². The van der Waals surface area contributed by atoms with Gasteiger partial charge >= 0.3 is 0 Å². The van der Waals surface area contributed by atoms with E-state index < -0.39 is 0 Å². The molecule has 0 fully saturated rings. The molecule has 1 N–H and O–H groups in total. The first-order valence-electron chi connectivity index (χ1n) is 8.84. The molecule has 0 radical (unpaired) electrons. The van der Waals surface area contributed by atoms with Crippen LogP contribution in [0.3, 0.4) is 0 Å². The van der Waals surface area contributed by atoms with Crippen molar-refractivity contribution in [3.8, 4) is 0 Å². The van der Waals surface area contributed by atoms with Crippen molar-refractivity contribution in [2.24, 2.45) is 0 Å². The lowest BCUT2D eigenvalue weighted by molar-refractivity contribution is 0.803. The number of rotatable bonds is 3. The third-order valence-corrected chi connectivity index (χ3v) is 4.53. The monoisotopic (exact) mass is 342 g/mol. The number of aromatic nitrogens is 3. The number of nitrogens with zero attached hydrogens (tertiary/aromatic N) is 3. The maximum atomic E-state index is 8.17. The minimum atomic E-state index is 0.280. The highest BCUT2D eigenvalue weighted by atomic mass is 15.2. The second-order valence-corrected chi connectivity index (χ2v) is 6.81. The van der Waals surface area contributed by atoms with E-state index in [-0.39, 0.29) is 5.49 Å². The zero-order valence-electron chi connectivity index (χ0n) is 15.1. The number of hydrogen-bond donors (Lipinski definition) is 1. The van der Waals surface area contributed by atoms with Crippen LogP contribution in [0.4, 0.5) is 0 Å². The molecule has 0 saturated carbocycles. The van der Waals surface area contributed by atoms with Crippen molar-refractivity contribution >= 4 is 11.4 Å². The summed E-state index contributed by atoms with van der Waals surface area (Å²) < 4.78 is 4.17. The van der Waals surface area contributed by atoms with E-state index >= 15 is 0 Å². The summed E-state index contributed by atoms with van der Waals surface area (Å²) in [6.07, 6.45) is 15.5. The van der Waals surface area contributed by atoms with Gasteiger partial charge in [-0.25, -0.2) is 0 Å². The number of fused-ring (bicyclic) bond motifs is 1. The van der Waals surface area contributed by atoms with Gasteiger partial charge in [0, 0.05) is 18.5 Å². The smallest absolute Gasteiger partial charge is 0.216 e. The fraction of sp³-hybridized carbons (Fsp3) is 0.182. The van der Waals surface area contributed by atoms with Crippen LogP contribution in [0.15, 0.2) is 67.0 Å². The number of benzene rings is 1. The predicted molar refractivity (Wildman–Crippen MR) is 105 cm³/mol. The quantitative estimate of drug-likeness (QED) is 0.762. The number of aryl methyl sites for hydroxylation is 2. The number of imidazole rings is 1. The summed E-state index contributed by atoms with van der Waals surface area (Å²) >= 11 is 0. The van der Waals surface area contributed by atoms with Crippen molar-refractivity contribution in [2.75, 3.05) is 0 Å². The minimum Gasteiger partial charge on any atom is -0.312 e. The molecule has 130 valence electrons. The van der Waals surface area contributed by atoms with Crippen molar-refractivity contribution in [1.82, 2.24) is 14.0 Å². The Morgan fingerprint density at radius 2 is 1.85 bits per heavy atom. The van der Waals surface area contributed by atoms with E-state index in [2.05, 4.69) is 76.4 Å². The molecular weight excluding hydrogens is 320 g/mol. The lowest BCUT2D eigenvalue weighted by Crippen LogP contribution is -2.13. The molecule has 0 amide bonds. The van der Waals surface area contributed by atoms with E-state index in [1.54, 1.807) is 0 Å². The molecule has 4 nitrogen and oxygen atoms in total. The van der Waals surface area contributed by atoms with Crippen LogP contribution in [0, 0.1) is 19.3 Å². The van der Waals surface area contributed by atoms with Crippen molar-refractivity contribution < 1.29 is 0 Å². The zero-order chi connectivity index (χ0) is 18.1. The number of nitrogens with one attached hydrogen (secondary N) is 1. The molecule has 0 atom stereocenters. The maximum absolute atomic E-state index is 8.17. The van der Waals surface area contributed by atoms with Crippen molar-refractivity contribution in [1.29, 1.82) is 5.41 Å².